The molecule has 1 aliphatic heterocycles. The van der Waals surface area contributed by atoms with E-state index in [1.165, 1.54) is 16.8 Å². The topological polar surface area (TPSA) is 58.0 Å². The van der Waals surface area contributed by atoms with E-state index in [1.807, 2.05) is 6.20 Å². The van der Waals surface area contributed by atoms with Gasteiger partial charge in [0.05, 0.1) is 5.69 Å². The zero-order valence-corrected chi connectivity index (χ0v) is 14.8. The molecule has 0 unspecified atom stereocenters. The highest BCUT2D eigenvalue weighted by molar-refractivity contribution is 5.59. The lowest BCUT2D eigenvalue weighted by molar-refractivity contribution is 0.201. The maximum absolute atomic E-state index is 5.74. The van der Waals surface area contributed by atoms with Crippen LogP contribution in [0.3, 0.4) is 0 Å². The van der Waals surface area contributed by atoms with Crippen LogP contribution in [0.4, 0.5) is 0 Å². The lowest BCUT2D eigenvalue weighted by atomic mass is 9.94. The van der Waals surface area contributed by atoms with Crippen LogP contribution in [0.15, 0.2) is 41.1 Å². The first kappa shape index (κ1) is 16.1. The van der Waals surface area contributed by atoms with Gasteiger partial charge in [0.25, 0.3) is 0 Å². The number of piperidine rings is 1. The van der Waals surface area contributed by atoms with Crippen LogP contribution in [0.5, 0.6) is 0 Å². The molecule has 0 spiro atoms. The predicted octanol–water partition coefficient (Wildman–Crippen LogP) is 4.06. The highest BCUT2D eigenvalue weighted by Gasteiger charge is 2.22. The van der Waals surface area contributed by atoms with E-state index in [9.17, 15) is 0 Å². The van der Waals surface area contributed by atoms with Crippen molar-refractivity contribution < 1.29 is 4.42 Å². The molecule has 4 rings (SSSR count). The van der Waals surface area contributed by atoms with E-state index in [4.69, 9.17) is 9.40 Å². The van der Waals surface area contributed by atoms with Crippen LogP contribution in [0.2, 0.25) is 0 Å². The van der Waals surface area contributed by atoms with E-state index >= 15 is 0 Å². The SMILES string of the molecule is Cc1ccc(-c2nc(CN3CCC(c4ccn[nH]4)CC3)co2)c(C)c1. The normalized spacial score (nSPS) is 16.4. The van der Waals surface area contributed by atoms with E-state index in [0.717, 1.165) is 49.6 Å². The Labute approximate surface area is 148 Å². The molecule has 0 saturated carbocycles. The molecule has 1 fully saturated rings. The number of aryl methyl sites for hydroxylation is 2. The molecule has 3 aromatic rings. The zero-order valence-electron chi connectivity index (χ0n) is 14.8. The Bertz CT molecular complexity index is 829. The fourth-order valence-corrected chi connectivity index (χ4v) is 3.68. The van der Waals surface area contributed by atoms with Crippen molar-refractivity contribution in [3.8, 4) is 11.5 Å². The van der Waals surface area contributed by atoms with E-state index in [-0.39, 0.29) is 0 Å². The Morgan fingerprint density at radius 3 is 2.76 bits per heavy atom. The molecule has 1 N–H and O–H groups in total. The van der Waals surface area contributed by atoms with Gasteiger partial charge in [-0.05, 0) is 57.5 Å². The maximum Gasteiger partial charge on any atom is 0.226 e. The number of hydrogen-bond acceptors (Lipinski definition) is 4. The number of nitrogens with one attached hydrogen (secondary N) is 1. The van der Waals surface area contributed by atoms with E-state index in [0.29, 0.717) is 5.92 Å². The minimum absolute atomic E-state index is 0.599. The second kappa shape index (κ2) is 6.84. The summed E-state index contributed by atoms with van der Waals surface area (Å²) < 4.78 is 5.74. The Hall–Kier alpha value is -2.40. The third-order valence-electron chi connectivity index (χ3n) is 5.10. The molecule has 0 atom stereocenters. The zero-order chi connectivity index (χ0) is 17.2. The first-order valence-electron chi connectivity index (χ1n) is 8.92. The lowest BCUT2D eigenvalue weighted by Gasteiger charge is -2.30. The maximum atomic E-state index is 5.74. The van der Waals surface area contributed by atoms with Gasteiger partial charge in [-0.1, -0.05) is 17.7 Å². The molecule has 5 heteroatoms. The van der Waals surface area contributed by atoms with Gasteiger partial charge < -0.3 is 4.42 Å². The quantitative estimate of drug-likeness (QED) is 0.780. The van der Waals surface area contributed by atoms with Gasteiger partial charge in [0, 0.05) is 29.9 Å². The van der Waals surface area contributed by atoms with E-state index in [2.05, 4.69) is 53.2 Å². The molecule has 5 nitrogen and oxygen atoms in total. The van der Waals surface area contributed by atoms with Crippen molar-refractivity contribution in [1.82, 2.24) is 20.1 Å². The molecule has 0 bridgehead atoms. The lowest BCUT2D eigenvalue weighted by Crippen LogP contribution is -2.32. The van der Waals surface area contributed by atoms with Crippen LogP contribution in [-0.4, -0.2) is 33.2 Å². The highest BCUT2D eigenvalue weighted by atomic mass is 16.3. The van der Waals surface area contributed by atoms with Crippen molar-refractivity contribution in [3.05, 3.63) is 59.2 Å². The summed E-state index contributed by atoms with van der Waals surface area (Å²) in [5.74, 6) is 1.32. The molecule has 0 amide bonds. The molecule has 3 heterocycles. The highest BCUT2D eigenvalue weighted by Crippen LogP contribution is 2.28. The molecular weight excluding hydrogens is 312 g/mol. The van der Waals surface area contributed by atoms with Crippen molar-refractivity contribution in [2.24, 2.45) is 0 Å². The Morgan fingerprint density at radius 2 is 2.04 bits per heavy atom. The van der Waals surface area contributed by atoms with Crippen molar-refractivity contribution >= 4 is 0 Å². The van der Waals surface area contributed by atoms with Crippen LogP contribution in [0.25, 0.3) is 11.5 Å². The first-order valence-corrected chi connectivity index (χ1v) is 8.92. The van der Waals surface area contributed by atoms with Gasteiger partial charge in [-0.3, -0.25) is 10.00 Å². The fourth-order valence-electron chi connectivity index (χ4n) is 3.68. The molecule has 0 radical (unpaired) electrons. The number of benzene rings is 1. The molecule has 0 aliphatic carbocycles. The summed E-state index contributed by atoms with van der Waals surface area (Å²) in [5, 5.41) is 7.17. The summed E-state index contributed by atoms with van der Waals surface area (Å²) in [6.45, 7) is 7.21. The monoisotopic (exact) mass is 336 g/mol. The van der Waals surface area contributed by atoms with Crippen molar-refractivity contribution in [3.63, 3.8) is 0 Å². The van der Waals surface area contributed by atoms with E-state index in [1.54, 1.807) is 6.26 Å². The van der Waals surface area contributed by atoms with Gasteiger partial charge in [-0.15, -0.1) is 0 Å². The van der Waals surface area contributed by atoms with Crippen molar-refractivity contribution in [2.45, 2.75) is 39.2 Å². The number of aromatic amines is 1. The summed E-state index contributed by atoms with van der Waals surface area (Å²) in [7, 11) is 0. The minimum atomic E-state index is 0.599. The molecular formula is C20H24N4O. The number of rotatable bonds is 4. The minimum Gasteiger partial charge on any atom is -0.444 e. The number of aromatic nitrogens is 3. The van der Waals surface area contributed by atoms with Gasteiger partial charge in [0.2, 0.25) is 5.89 Å². The van der Waals surface area contributed by atoms with Crippen LogP contribution in [0, 0.1) is 13.8 Å². The summed E-state index contributed by atoms with van der Waals surface area (Å²) >= 11 is 0. The summed E-state index contributed by atoms with van der Waals surface area (Å²) in [5.41, 5.74) is 5.81. The Balaban J connectivity index is 1.39. The fraction of sp³-hybridized carbons (Fsp3) is 0.400. The van der Waals surface area contributed by atoms with Gasteiger partial charge in [-0.2, -0.15) is 5.10 Å². The van der Waals surface area contributed by atoms with Crippen molar-refractivity contribution in [1.29, 1.82) is 0 Å². The Kier molecular flexibility index (Phi) is 4.40. The molecule has 1 aromatic carbocycles. The Morgan fingerprint density at radius 1 is 1.20 bits per heavy atom. The second-order valence-electron chi connectivity index (χ2n) is 7.02. The van der Waals surface area contributed by atoms with Crippen LogP contribution in [0.1, 0.15) is 41.3 Å². The molecule has 25 heavy (non-hydrogen) atoms. The van der Waals surface area contributed by atoms with Crippen LogP contribution in [-0.2, 0) is 6.54 Å². The summed E-state index contributed by atoms with van der Waals surface area (Å²) in [4.78, 5) is 7.16. The first-order chi connectivity index (χ1) is 12.2. The summed E-state index contributed by atoms with van der Waals surface area (Å²) in [6, 6.07) is 8.45. The standard InChI is InChI=1S/C20H24N4O/c1-14-3-4-18(15(2)11-14)20-22-17(13-25-20)12-24-9-6-16(7-10-24)19-5-8-21-23-19/h3-5,8,11,13,16H,6-7,9-10,12H2,1-2H3,(H,21,23). The number of hydrogen-bond donors (Lipinski definition) is 1. The number of likely N-dealkylation sites (tertiary alicyclic amines) is 1. The molecule has 130 valence electrons. The van der Waals surface area contributed by atoms with Gasteiger partial charge >= 0.3 is 0 Å². The molecule has 1 saturated heterocycles. The molecule has 2 aromatic heterocycles. The molecule has 1 aliphatic rings. The third-order valence-corrected chi connectivity index (χ3v) is 5.10. The van der Waals surface area contributed by atoms with Crippen LogP contribution < -0.4 is 0 Å². The number of H-pyrrole nitrogens is 1. The number of nitrogens with zero attached hydrogens (tertiary/aromatic N) is 3. The van der Waals surface area contributed by atoms with Gasteiger partial charge in [0.1, 0.15) is 6.26 Å². The van der Waals surface area contributed by atoms with Crippen LogP contribution >= 0.6 is 0 Å². The van der Waals surface area contributed by atoms with Gasteiger partial charge in [0.15, 0.2) is 0 Å². The average Bonchev–Trinajstić information content (AvgIpc) is 3.28. The smallest absolute Gasteiger partial charge is 0.226 e. The second-order valence-corrected chi connectivity index (χ2v) is 7.02. The third kappa shape index (κ3) is 3.51. The largest absolute Gasteiger partial charge is 0.444 e. The van der Waals surface area contributed by atoms with Gasteiger partial charge in [-0.25, -0.2) is 4.98 Å². The number of oxazole rings is 1. The predicted molar refractivity (Wildman–Crippen MR) is 97.3 cm³/mol. The van der Waals surface area contributed by atoms with E-state index < -0.39 is 0 Å². The van der Waals surface area contributed by atoms with Crippen molar-refractivity contribution in [2.75, 3.05) is 13.1 Å². The summed E-state index contributed by atoms with van der Waals surface area (Å²) in [6.07, 6.45) is 5.95. The average molecular weight is 336 g/mol.